The fraction of sp³-hybridized carbons (Fsp3) is 0.100. The lowest BCUT2D eigenvalue weighted by Crippen LogP contribution is -2.17. The third kappa shape index (κ3) is 2.97. The van der Waals surface area contributed by atoms with Crippen molar-refractivity contribution in [3.8, 4) is 0 Å². The summed E-state index contributed by atoms with van der Waals surface area (Å²) < 4.78 is 56.9. The van der Waals surface area contributed by atoms with Gasteiger partial charge < -0.3 is 9.63 Å². The molecule has 0 spiro atoms. The highest BCUT2D eigenvalue weighted by Crippen LogP contribution is 2.22. The van der Waals surface area contributed by atoms with Gasteiger partial charge in [-0.25, -0.2) is 26.7 Å². The predicted molar refractivity (Wildman–Crippen MR) is 63.2 cm³/mol. The van der Waals surface area contributed by atoms with E-state index in [0.717, 1.165) is 0 Å². The maximum Gasteiger partial charge on any atom is 0.335 e. The molecule has 2 aromatic rings. The van der Waals surface area contributed by atoms with Crippen LogP contribution >= 0.6 is 0 Å². The van der Waals surface area contributed by atoms with Gasteiger partial charge in [-0.2, -0.15) is 4.98 Å². The van der Waals surface area contributed by atoms with E-state index in [0.29, 0.717) is 12.1 Å². The van der Waals surface area contributed by atoms with Gasteiger partial charge in [0.15, 0.2) is 17.5 Å². The Kier molecular flexibility index (Phi) is 3.60. The average molecular weight is 319 g/mol. The van der Waals surface area contributed by atoms with Crippen LogP contribution in [0.4, 0.5) is 14.8 Å². The van der Waals surface area contributed by atoms with E-state index < -0.39 is 44.1 Å². The number of halogens is 2. The molecule has 0 saturated carbocycles. The van der Waals surface area contributed by atoms with Crippen molar-refractivity contribution in [3.05, 3.63) is 35.2 Å². The molecule has 8 nitrogen and oxygen atoms in total. The van der Waals surface area contributed by atoms with E-state index in [4.69, 9.17) is 5.11 Å². The zero-order valence-corrected chi connectivity index (χ0v) is 11.1. The normalized spacial score (nSPS) is 11.4. The number of aromatic carboxylic acids is 1. The first kappa shape index (κ1) is 14.8. The number of carboxylic acid groups (broad SMARTS) is 1. The molecule has 0 aliphatic carbocycles. The average Bonchev–Trinajstić information content (AvgIpc) is 2.76. The SMILES string of the molecule is Cc1noc(NS(=O)(=O)c2cc(C(=O)O)cc(F)c2F)n1. The lowest BCUT2D eigenvalue weighted by atomic mass is 10.2. The molecule has 1 aromatic heterocycles. The van der Waals surface area contributed by atoms with Gasteiger partial charge in [-0.3, -0.25) is 0 Å². The van der Waals surface area contributed by atoms with Crippen molar-refractivity contribution in [1.82, 2.24) is 10.1 Å². The largest absolute Gasteiger partial charge is 0.478 e. The molecule has 0 amide bonds. The summed E-state index contributed by atoms with van der Waals surface area (Å²) in [7, 11) is -4.63. The molecule has 11 heteroatoms. The van der Waals surface area contributed by atoms with Crippen molar-refractivity contribution in [2.24, 2.45) is 0 Å². The van der Waals surface area contributed by atoms with Crippen molar-refractivity contribution in [2.75, 3.05) is 4.72 Å². The van der Waals surface area contributed by atoms with Crippen LogP contribution in [0.1, 0.15) is 16.2 Å². The number of carbonyl (C=O) groups is 1. The number of sulfonamides is 1. The zero-order chi connectivity index (χ0) is 15.8. The third-order valence-electron chi connectivity index (χ3n) is 2.28. The van der Waals surface area contributed by atoms with Crippen molar-refractivity contribution in [2.45, 2.75) is 11.8 Å². The second-order valence-corrected chi connectivity index (χ2v) is 5.48. The standard InChI is InChI=1S/C10H7F2N3O5S/c1-4-13-10(20-14-4)15-21(18,19)7-3-5(9(16)17)2-6(11)8(7)12/h2-3H,1H3,(H,16,17)(H,13,14,15). The number of benzene rings is 1. The van der Waals surface area contributed by atoms with E-state index in [1.165, 1.54) is 6.92 Å². The Labute approximate surface area is 116 Å². The molecule has 0 unspecified atom stereocenters. The maximum atomic E-state index is 13.6. The van der Waals surface area contributed by atoms with Crippen LogP contribution in [0.2, 0.25) is 0 Å². The summed E-state index contributed by atoms with van der Waals surface area (Å²) in [5.74, 6) is -4.83. The highest BCUT2D eigenvalue weighted by molar-refractivity contribution is 7.92. The van der Waals surface area contributed by atoms with Gasteiger partial charge in [0.25, 0.3) is 10.0 Å². The van der Waals surface area contributed by atoms with Gasteiger partial charge in [-0.1, -0.05) is 5.16 Å². The van der Waals surface area contributed by atoms with Crippen LogP contribution in [-0.2, 0) is 10.0 Å². The second kappa shape index (κ2) is 5.09. The first-order valence-electron chi connectivity index (χ1n) is 5.26. The highest BCUT2D eigenvalue weighted by atomic mass is 32.2. The lowest BCUT2D eigenvalue weighted by Gasteiger charge is -2.07. The van der Waals surface area contributed by atoms with Crippen LogP contribution in [0.25, 0.3) is 0 Å². The lowest BCUT2D eigenvalue weighted by molar-refractivity contribution is 0.0696. The van der Waals surface area contributed by atoms with Crippen molar-refractivity contribution in [3.63, 3.8) is 0 Å². The maximum absolute atomic E-state index is 13.6. The first-order valence-corrected chi connectivity index (χ1v) is 6.74. The minimum absolute atomic E-state index is 0.110. The Balaban J connectivity index is 2.51. The number of hydrogen-bond acceptors (Lipinski definition) is 6. The summed E-state index contributed by atoms with van der Waals surface area (Å²) >= 11 is 0. The minimum atomic E-state index is -4.63. The number of nitrogens with one attached hydrogen (secondary N) is 1. The van der Waals surface area contributed by atoms with Crippen LogP contribution in [0.15, 0.2) is 21.6 Å². The molecule has 1 heterocycles. The van der Waals surface area contributed by atoms with E-state index in [1.807, 2.05) is 0 Å². The number of aryl methyl sites for hydroxylation is 1. The van der Waals surface area contributed by atoms with Gasteiger partial charge in [0.2, 0.25) is 0 Å². The molecule has 2 N–H and O–H groups in total. The molecule has 0 aliphatic rings. The number of aromatic nitrogens is 2. The van der Waals surface area contributed by atoms with E-state index in [2.05, 4.69) is 14.7 Å². The van der Waals surface area contributed by atoms with Gasteiger partial charge in [-0.05, 0) is 19.1 Å². The Hall–Kier alpha value is -2.56. The fourth-order valence-electron chi connectivity index (χ4n) is 1.39. The van der Waals surface area contributed by atoms with Crippen molar-refractivity contribution >= 4 is 22.0 Å². The first-order chi connectivity index (χ1) is 9.70. The Morgan fingerprint density at radius 1 is 1.38 bits per heavy atom. The van der Waals surface area contributed by atoms with Crippen molar-refractivity contribution < 1.29 is 31.6 Å². The summed E-state index contributed by atoms with van der Waals surface area (Å²) in [5, 5.41) is 12.0. The predicted octanol–water partition coefficient (Wildman–Crippen LogP) is 1.16. The topological polar surface area (TPSA) is 122 Å². The summed E-state index contributed by atoms with van der Waals surface area (Å²) in [6.07, 6.45) is 0. The Morgan fingerprint density at radius 3 is 2.57 bits per heavy atom. The van der Waals surface area contributed by atoms with Gasteiger partial charge in [0.1, 0.15) is 4.90 Å². The van der Waals surface area contributed by atoms with Crippen LogP contribution < -0.4 is 4.72 Å². The molecule has 2 rings (SSSR count). The molecular formula is C10H7F2N3O5S. The fourth-order valence-corrected chi connectivity index (χ4v) is 2.43. The number of rotatable bonds is 4. The molecule has 1 aromatic carbocycles. The zero-order valence-electron chi connectivity index (χ0n) is 10.3. The summed E-state index contributed by atoms with van der Waals surface area (Å²) in [6, 6.07) is 0.285. The Morgan fingerprint density at radius 2 is 2.05 bits per heavy atom. The molecule has 112 valence electrons. The number of carboxylic acids is 1. The molecule has 0 atom stereocenters. The smallest absolute Gasteiger partial charge is 0.335 e. The van der Waals surface area contributed by atoms with Gasteiger partial charge >= 0.3 is 12.0 Å². The molecule has 0 saturated heterocycles. The quantitative estimate of drug-likeness (QED) is 0.866. The number of nitrogens with zero attached hydrogens (tertiary/aromatic N) is 2. The number of anilines is 1. The van der Waals surface area contributed by atoms with E-state index in [-0.39, 0.29) is 5.82 Å². The van der Waals surface area contributed by atoms with Crippen LogP contribution in [0.5, 0.6) is 0 Å². The van der Waals surface area contributed by atoms with Gasteiger partial charge in [-0.15, -0.1) is 0 Å². The summed E-state index contributed by atoms with van der Waals surface area (Å²) in [6.45, 7) is 1.41. The van der Waals surface area contributed by atoms with Crippen LogP contribution in [-0.4, -0.2) is 29.6 Å². The molecule has 0 aliphatic heterocycles. The molecule has 21 heavy (non-hydrogen) atoms. The molecule has 0 bridgehead atoms. The monoisotopic (exact) mass is 319 g/mol. The third-order valence-corrected chi connectivity index (χ3v) is 3.60. The Bertz CT molecular complexity index is 818. The summed E-state index contributed by atoms with van der Waals surface area (Å²) in [4.78, 5) is 13.1. The molecular weight excluding hydrogens is 312 g/mol. The molecule has 0 radical (unpaired) electrons. The van der Waals surface area contributed by atoms with Gasteiger partial charge in [0, 0.05) is 0 Å². The highest BCUT2D eigenvalue weighted by Gasteiger charge is 2.26. The van der Waals surface area contributed by atoms with E-state index in [1.54, 1.807) is 4.72 Å². The van der Waals surface area contributed by atoms with E-state index >= 15 is 0 Å². The van der Waals surface area contributed by atoms with Crippen molar-refractivity contribution in [1.29, 1.82) is 0 Å². The van der Waals surface area contributed by atoms with Crippen LogP contribution in [0, 0.1) is 18.6 Å². The van der Waals surface area contributed by atoms with Gasteiger partial charge in [0.05, 0.1) is 5.56 Å². The number of hydrogen-bond donors (Lipinski definition) is 2. The minimum Gasteiger partial charge on any atom is -0.478 e. The summed E-state index contributed by atoms with van der Waals surface area (Å²) in [5.41, 5.74) is -0.726. The second-order valence-electron chi connectivity index (χ2n) is 3.83. The van der Waals surface area contributed by atoms with Crippen LogP contribution in [0.3, 0.4) is 0 Å². The van der Waals surface area contributed by atoms with E-state index in [9.17, 15) is 22.0 Å². The molecule has 0 fully saturated rings.